The van der Waals surface area contributed by atoms with Gasteiger partial charge in [-0.15, -0.1) is 0 Å². The number of methoxy groups -OCH3 is 1. The third-order valence-corrected chi connectivity index (χ3v) is 1.97. The fourth-order valence-electron chi connectivity index (χ4n) is 1.11. The summed E-state index contributed by atoms with van der Waals surface area (Å²) in [5.74, 6) is -0.638. The smallest absolute Gasteiger partial charge is 0.473 e. The third kappa shape index (κ3) is 4.53. The Morgan fingerprint density at radius 2 is 1.82 bits per heavy atom. The first-order chi connectivity index (χ1) is 8.25. The zero-order valence-corrected chi connectivity index (χ0v) is 9.45. The van der Waals surface area contributed by atoms with E-state index in [0.29, 0.717) is 5.56 Å². The van der Waals surface area contributed by atoms with Gasteiger partial charge in [0, 0.05) is 0 Å². The average Bonchev–Trinajstić information content (AvgIpc) is 2.97. The summed E-state index contributed by atoms with van der Waals surface area (Å²) in [5, 5.41) is 9.31. The second-order valence-corrected chi connectivity index (χ2v) is 3.13. The summed E-state index contributed by atoms with van der Waals surface area (Å²) in [6, 6.07) is 12.3. The number of ether oxygens (including phenoxy) is 1. The Morgan fingerprint density at radius 3 is 2.24 bits per heavy atom. The lowest BCUT2D eigenvalue weighted by atomic mass is 10.1. The first kappa shape index (κ1) is 13.0. The number of aliphatic hydroxyl groups is 1. The highest BCUT2D eigenvalue weighted by Gasteiger charge is 2.16. The molecule has 90 valence electrons. The van der Waals surface area contributed by atoms with Crippen molar-refractivity contribution in [2.75, 3.05) is 7.11 Å². The number of carbonyl (C=O) groups excluding carboxylic acids is 1. The number of esters is 1. The molecule has 1 heterocycles. The van der Waals surface area contributed by atoms with Crippen molar-refractivity contribution in [2.24, 2.45) is 0 Å². The Labute approximate surface area is 101 Å². The SMILES string of the molecule is COC(=O)[C@H](O)c1ccccc1.[H+].c1ccoc1. The van der Waals surface area contributed by atoms with E-state index in [-0.39, 0.29) is 1.43 Å². The fraction of sp³-hybridized carbons (Fsp3) is 0.154. The molecule has 2 rings (SSSR count). The molecule has 1 N–H and O–H groups in total. The van der Waals surface area contributed by atoms with E-state index in [2.05, 4.69) is 9.15 Å². The normalized spacial score (nSPS) is 10.9. The van der Waals surface area contributed by atoms with E-state index in [0.717, 1.165) is 0 Å². The van der Waals surface area contributed by atoms with Gasteiger partial charge in [-0.25, -0.2) is 4.79 Å². The molecule has 4 nitrogen and oxygen atoms in total. The van der Waals surface area contributed by atoms with Crippen LogP contribution in [0.5, 0.6) is 0 Å². The molecule has 0 saturated carbocycles. The second-order valence-electron chi connectivity index (χ2n) is 3.13. The molecule has 0 radical (unpaired) electrons. The summed E-state index contributed by atoms with van der Waals surface area (Å²) in [6.07, 6.45) is 2.08. The van der Waals surface area contributed by atoms with Gasteiger partial charge in [-0.3, -0.25) is 0 Å². The van der Waals surface area contributed by atoms with Crippen LogP contribution < -0.4 is 0 Å². The molecule has 0 aliphatic carbocycles. The lowest BCUT2D eigenvalue weighted by Gasteiger charge is -2.07. The molecule has 0 fully saturated rings. The minimum Gasteiger partial charge on any atom is -0.473 e. The largest absolute Gasteiger partial charge is 1.00 e. The molecule has 0 aliphatic heterocycles. The van der Waals surface area contributed by atoms with E-state index in [9.17, 15) is 9.90 Å². The Hall–Kier alpha value is -2.07. The van der Waals surface area contributed by atoms with Gasteiger partial charge in [-0.05, 0) is 17.7 Å². The maximum absolute atomic E-state index is 10.8. The molecule has 17 heavy (non-hydrogen) atoms. The molecule has 1 atom stereocenters. The Kier molecular flexibility index (Phi) is 5.54. The van der Waals surface area contributed by atoms with Gasteiger partial charge in [0.15, 0.2) is 6.10 Å². The van der Waals surface area contributed by atoms with Crippen LogP contribution in [0.15, 0.2) is 59.4 Å². The molecular weight excluding hydrogens is 220 g/mol. The summed E-state index contributed by atoms with van der Waals surface area (Å²) in [7, 11) is 1.24. The maximum atomic E-state index is 10.8. The second kappa shape index (κ2) is 7.24. The molecule has 0 spiro atoms. The minimum atomic E-state index is -1.17. The number of carbonyl (C=O) groups is 1. The van der Waals surface area contributed by atoms with Gasteiger partial charge in [0.1, 0.15) is 0 Å². The number of aliphatic hydroxyl groups excluding tert-OH is 1. The molecule has 0 amide bonds. The van der Waals surface area contributed by atoms with Crippen LogP contribution in [0.25, 0.3) is 0 Å². The number of hydrogen-bond donors (Lipinski definition) is 1. The van der Waals surface area contributed by atoms with Crippen LogP contribution in [0, 0.1) is 0 Å². The van der Waals surface area contributed by atoms with Gasteiger partial charge >= 0.3 is 7.40 Å². The predicted molar refractivity (Wildman–Crippen MR) is 63.2 cm³/mol. The summed E-state index contributed by atoms with van der Waals surface area (Å²) in [5.41, 5.74) is 0.546. The Bertz CT molecular complexity index is 397. The Balaban J connectivity index is 0.000000405. The van der Waals surface area contributed by atoms with E-state index in [1.54, 1.807) is 36.8 Å². The number of hydrogen-bond acceptors (Lipinski definition) is 4. The highest BCUT2D eigenvalue weighted by Crippen LogP contribution is 2.12. The van der Waals surface area contributed by atoms with Crippen LogP contribution in [0.1, 0.15) is 13.1 Å². The molecule has 4 heteroatoms. The first-order valence-corrected chi connectivity index (χ1v) is 5.03. The van der Waals surface area contributed by atoms with Crippen molar-refractivity contribution in [3.63, 3.8) is 0 Å². The molecule has 1 aromatic heterocycles. The van der Waals surface area contributed by atoms with Gasteiger partial charge < -0.3 is 14.3 Å². The standard InChI is InChI=1S/C9H10O3.C4H4O/c1-12-9(11)8(10)7-5-3-2-4-6-7;1-2-4-5-3-1/h2-6,8,10H,1H3;1-4H/p+1/t8-;/m1./s1. The van der Waals surface area contributed by atoms with E-state index >= 15 is 0 Å². The molecule has 0 aliphatic rings. The first-order valence-electron chi connectivity index (χ1n) is 5.03. The van der Waals surface area contributed by atoms with E-state index in [1.807, 2.05) is 18.2 Å². The highest BCUT2D eigenvalue weighted by molar-refractivity contribution is 5.75. The number of rotatable bonds is 2. The van der Waals surface area contributed by atoms with Crippen LogP contribution in [0.4, 0.5) is 0 Å². The van der Waals surface area contributed by atoms with E-state index in [4.69, 9.17) is 0 Å². The average molecular weight is 235 g/mol. The molecule has 0 saturated heterocycles. The van der Waals surface area contributed by atoms with Crippen molar-refractivity contribution in [1.82, 2.24) is 0 Å². The van der Waals surface area contributed by atoms with Gasteiger partial charge in [0.25, 0.3) is 0 Å². The zero-order valence-electron chi connectivity index (χ0n) is 10.4. The van der Waals surface area contributed by atoms with Crippen molar-refractivity contribution in [2.45, 2.75) is 6.10 Å². The van der Waals surface area contributed by atoms with Crippen molar-refractivity contribution >= 4 is 5.97 Å². The van der Waals surface area contributed by atoms with Crippen molar-refractivity contribution in [1.29, 1.82) is 0 Å². The Morgan fingerprint density at radius 1 is 1.24 bits per heavy atom. The molecular formula is C13H15O4+. The van der Waals surface area contributed by atoms with Crippen LogP contribution in [0.3, 0.4) is 0 Å². The molecule has 2 aromatic rings. The predicted octanol–water partition coefficient (Wildman–Crippen LogP) is 2.29. The van der Waals surface area contributed by atoms with Gasteiger partial charge in [0.05, 0.1) is 19.6 Å². The number of benzene rings is 1. The van der Waals surface area contributed by atoms with Gasteiger partial charge in [-0.1, -0.05) is 30.3 Å². The minimum absolute atomic E-state index is 0. The quantitative estimate of drug-likeness (QED) is 0.811. The lowest BCUT2D eigenvalue weighted by Crippen LogP contribution is -2.13. The van der Waals surface area contributed by atoms with Crippen LogP contribution >= 0.6 is 0 Å². The zero-order chi connectivity index (χ0) is 12.5. The topological polar surface area (TPSA) is 59.7 Å². The van der Waals surface area contributed by atoms with Crippen LogP contribution in [-0.4, -0.2) is 18.2 Å². The van der Waals surface area contributed by atoms with Crippen LogP contribution in [0.2, 0.25) is 0 Å². The van der Waals surface area contributed by atoms with Gasteiger partial charge in [0.2, 0.25) is 0 Å². The summed E-state index contributed by atoms with van der Waals surface area (Å²) in [6.45, 7) is 0. The van der Waals surface area contributed by atoms with E-state index < -0.39 is 12.1 Å². The maximum Gasteiger partial charge on any atom is 1.00 e. The lowest BCUT2D eigenvalue weighted by molar-refractivity contribution is -0.150. The van der Waals surface area contributed by atoms with Crippen molar-refractivity contribution < 1.29 is 20.5 Å². The monoisotopic (exact) mass is 235 g/mol. The van der Waals surface area contributed by atoms with Crippen molar-refractivity contribution in [3.05, 3.63) is 60.6 Å². The third-order valence-electron chi connectivity index (χ3n) is 1.97. The molecule has 0 bridgehead atoms. The van der Waals surface area contributed by atoms with Crippen molar-refractivity contribution in [3.8, 4) is 0 Å². The van der Waals surface area contributed by atoms with Crippen LogP contribution in [-0.2, 0) is 9.53 Å². The highest BCUT2D eigenvalue weighted by atomic mass is 16.5. The fourth-order valence-corrected chi connectivity index (χ4v) is 1.11. The summed E-state index contributed by atoms with van der Waals surface area (Å²) >= 11 is 0. The molecule has 1 aromatic carbocycles. The summed E-state index contributed by atoms with van der Waals surface area (Å²) < 4.78 is 8.96. The number of furan rings is 1. The summed E-state index contributed by atoms with van der Waals surface area (Å²) in [4.78, 5) is 10.8. The van der Waals surface area contributed by atoms with Gasteiger partial charge in [-0.2, -0.15) is 0 Å². The van der Waals surface area contributed by atoms with E-state index in [1.165, 1.54) is 7.11 Å². The molecule has 0 unspecified atom stereocenters.